The molecule has 2 atom stereocenters. The van der Waals surface area contributed by atoms with Gasteiger partial charge in [-0.2, -0.15) is 5.10 Å². The molecular formula is C11H19N3S. The van der Waals surface area contributed by atoms with Crippen molar-refractivity contribution in [2.75, 3.05) is 0 Å². The molecule has 1 aliphatic carbocycles. The zero-order valence-corrected chi connectivity index (χ0v) is 10.5. The lowest BCUT2D eigenvalue weighted by atomic mass is 9.73. The van der Waals surface area contributed by atoms with Crippen LogP contribution in [0.15, 0.2) is 5.10 Å². The van der Waals surface area contributed by atoms with Crippen molar-refractivity contribution < 1.29 is 0 Å². The van der Waals surface area contributed by atoms with Gasteiger partial charge in [0.2, 0.25) is 0 Å². The van der Waals surface area contributed by atoms with Crippen LogP contribution in [-0.4, -0.2) is 21.4 Å². The summed E-state index contributed by atoms with van der Waals surface area (Å²) >= 11 is 5.05. The van der Waals surface area contributed by atoms with Gasteiger partial charge in [0, 0.05) is 11.6 Å². The molecule has 2 rings (SSSR count). The minimum absolute atomic E-state index is 0.0265. The van der Waals surface area contributed by atoms with Crippen LogP contribution in [0.3, 0.4) is 0 Å². The number of rotatable bonds is 0. The van der Waals surface area contributed by atoms with Crippen LogP contribution in [0, 0.1) is 11.8 Å². The van der Waals surface area contributed by atoms with E-state index >= 15 is 0 Å². The van der Waals surface area contributed by atoms with Crippen LogP contribution >= 0.6 is 12.2 Å². The average Bonchev–Trinajstić information content (AvgIpc) is 2.37. The Kier molecular flexibility index (Phi) is 2.49. The molecule has 1 aliphatic heterocycles. The van der Waals surface area contributed by atoms with Gasteiger partial charge in [-0.1, -0.05) is 6.92 Å². The number of hydrogen-bond acceptors (Lipinski definition) is 2. The second-order valence-corrected chi connectivity index (χ2v) is 5.75. The number of hydrogen-bond donors (Lipinski definition) is 1. The zero-order chi connectivity index (χ0) is 11.2. The number of hydrazone groups is 1. The Morgan fingerprint density at radius 2 is 2.20 bits per heavy atom. The summed E-state index contributed by atoms with van der Waals surface area (Å²) in [5, 5.41) is 6.83. The van der Waals surface area contributed by atoms with Crippen molar-refractivity contribution in [3.05, 3.63) is 0 Å². The molecule has 0 aromatic carbocycles. The van der Waals surface area contributed by atoms with E-state index in [1.165, 1.54) is 18.6 Å². The predicted octanol–water partition coefficient (Wildman–Crippen LogP) is 2.12. The summed E-state index contributed by atoms with van der Waals surface area (Å²) < 4.78 is 0. The van der Waals surface area contributed by atoms with Crippen LogP contribution in [0.4, 0.5) is 0 Å². The minimum Gasteiger partial charge on any atom is -0.375 e. The van der Waals surface area contributed by atoms with Crippen molar-refractivity contribution in [3.8, 4) is 0 Å². The maximum atomic E-state index is 5.71. The normalized spacial score (nSPS) is 33.5. The lowest BCUT2D eigenvalue weighted by molar-refractivity contribution is 0.190. The van der Waals surface area contributed by atoms with Crippen molar-refractivity contribution >= 4 is 23.0 Å². The van der Waals surface area contributed by atoms with Crippen LogP contribution < -0.4 is 5.73 Å². The van der Waals surface area contributed by atoms with Crippen molar-refractivity contribution in [1.82, 2.24) is 5.01 Å². The van der Waals surface area contributed by atoms with Crippen molar-refractivity contribution in [3.63, 3.8) is 0 Å². The highest BCUT2D eigenvalue weighted by Crippen LogP contribution is 2.41. The standard InChI is InChI=1S/C11H19N3S/c1-7-4-5-8-9(6-7)13-14(10(12)15)11(8,2)3/h7-8H,4-6H2,1-3H3,(H2,12,15)/t7-,8+/m1/s1. The summed E-state index contributed by atoms with van der Waals surface area (Å²) in [5.74, 6) is 1.29. The van der Waals surface area contributed by atoms with Crippen LogP contribution in [0.2, 0.25) is 0 Å². The molecule has 0 saturated heterocycles. The molecule has 0 unspecified atom stereocenters. The Hall–Kier alpha value is -0.640. The first-order valence-electron chi connectivity index (χ1n) is 5.60. The summed E-state index contributed by atoms with van der Waals surface area (Å²) in [4.78, 5) is 0. The van der Waals surface area contributed by atoms with Gasteiger partial charge in [0.25, 0.3) is 0 Å². The van der Waals surface area contributed by atoms with Gasteiger partial charge >= 0.3 is 0 Å². The molecule has 2 N–H and O–H groups in total. The van der Waals surface area contributed by atoms with Crippen molar-refractivity contribution in [1.29, 1.82) is 0 Å². The molecule has 0 radical (unpaired) electrons. The first-order chi connectivity index (χ1) is 6.93. The summed E-state index contributed by atoms with van der Waals surface area (Å²) in [6, 6.07) is 0. The van der Waals surface area contributed by atoms with E-state index < -0.39 is 0 Å². The maximum absolute atomic E-state index is 5.71. The molecular weight excluding hydrogens is 206 g/mol. The number of nitrogens with zero attached hydrogens (tertiary/aromatic N) is 2. The van der Waals surface area contributed by atoms with Gasteiger partial charge in [0.1, 0.15) is 0 Å². The highest BCUT2D eigenvalue weighted by molar-refractivity contribution is 7.80. The summed E-state index contributed by atoms with van der Waals surface area (Å²) in [7, 11) is 0. The molecule has 3 nitrogen and oxygen atoms in total. The first-order valence-corrected chi connectivity index (χ1v) is 6.00. The zero-order valence-electron chi connectivity index (χ0n) is 9.66. The van der Waals surface area contributed by atoms with E-state index in [2.05, 4.69) is 25.9 Å². The fourth-order valence-corrected chi connectivity index (χ4v) is 3.10. The highest BCUT2D eigenvalue weighted by atomic mass is 32.1. The Balaban J connectivity index is 2.29. The first kappa shape index (κ1) is 10.9. The van der Waals surface area contributed by atoms with Crippen LogP contribution in [0.25, 0.3) is 0 Å². The van der Waals surface area contributed by atoms with Gasteiger partial charge < -0.3 is 5.73 Å². The number of fused-ring (bicyclic) bond motifs is 1. The van der Waals surface area contributed by atoms with Crippen molar-refractivity contribution in [2.45, 2.75) is 45.6 Å². The highest BCUT2D eigenvalue weighted by Gasteiger charge is 2.46. The predicted molar refractivity (Wildman–Crippen MR) is 66.6 cm³/mol. The molecule has 1 saturated carbocycles. The summed E-state index contributed by atoms with van der Waals surface area (Å²) in [6.45, 7) is 6.65. The van der Waals surface area contributed by atoms with E-state index in [9.17, 15) is 0 Å². The lowest BCUT2D eigenvalue weighted by Crippen LogP contribution is -2.48. The number of nitrogens with two attached hydrogens (primary N) is 1. The maximum Gasteiger partial charge on any atom is 0.187 e. The van der Waals surface area contributed by atoms with Gasteiger partial charge in [-0.25, -0.2) is 5.01 Å². The van der Waals surface area contributed by atoms with Crippen LogP contribution in [-0.2, 0) is 0 Å². The van der Waals surface area contributed by atoms with Gasteiger partial charge in [-0.05, 0) is 51.2 Å². The van der Waals surface area contributed by atoms with Crippen LogP contribution in [0.1, 0.15) is 40.0 Å². The van der Waals surface area contributed by atoms with E-state index in [1.54, 1.807) is 0 Å². The van der Waals surface area contributed by atoms with Crippen LogP contribution in [0.5, 0.6) is 0 Å². The largest absolute Gasteiger partial charge is 0.375 e. The molecule has 4 heteroatoms. The molecule has 0 aromatic rings. The topological polar surface area (TPSA) is 41.6 Å². The van der Waals surface area contributed by atoms with Gasteiger partial charge in [0.15, 0.2) is 5.11 Å². The molecule has 2 aliphatic rings. The molecule has 0 bridgehead atoms. The molecule has 0 amide bonds. The fraction of sp³-hybridized carbons (Fsp3) is 0.818. The summed E-state index contributed by atoms with van der Waals surface area (Å²) in [6.07, 6.45) is 3.61. The van der Waals surface area contributed by atoms with Gasteiger partial charge in [-0.15, -0.1) is 0 Å². The second kappa shape index (κ2) is 3.44. The Morgan fingerprint density at radius 3 is 2.80 bits per heavy atom. The third-order valence-electron chi connectivity index (χ3n) is 3.74. The molecule has 1 fully saturated rings. The minimum atomic E-state index is -0.0265. The Bertz CT molecular complexity index is 322. The smallest absolute Gasteiger partial charge is 0.187 e. The van der Waals surface area contributed by atoms with Gasteiger partial charge in [-0.3, -0.25) is 0 Å². The van der Waals surface area contributed by atoms with E-state index in [1.807, 2.05) is 5.01 Å². The van der Waals surface area contributed by atoms with E-state index in [0.717, 1.165) is 12.3 Å². The molecule has 0 aromatic heterocycles. The number of thiocarbonyl (C=S) groups is 1. The van der Waals surface area contributed by atoms with E-state index in [4.69, 9.17) is 18.0 Å². The van der Waals surface area contributed by atoms with Gasteiger partial charge in [0.05, 0.1) is 5.54 Å². The molecule has 15 heavy (non-hydrogen) atoms. The average molecular weight is 225 g/mol. The SMILES string of the molecule is C[C@@H]1CC[C@H]2C(=NN(C(N)=S)C2(C)C)C1. The van der Waals surface area contributed by atoms with E-state index in [-0.39, 0.29) is 5.54 Å². The Morgan fingerprint density at radius 1 is 1.53 bits per heavy atom. The summed E-state index contributed by atoms with van der Waals surface area (Å²) in [5.41, 5.74) is 6.98. The second-order valence-electron chi connectivity index (χ2n) is 5.33. The Labute approximate surface area is 96.7 Å². The molecule has 1 heterocycles. The molecule has 84 valence electrons. The fourth-order valence-electron chi connectivity index (χ4n) is 2.83. The monoisotopic (exact) mass is 225 g/mol. The van der Waals surface area contributed by atoms with Crippen molar-refractivity contribution in [2.24, 2.45) is 22.7 Å². The lowest BCUT2D eigenvalue weighted by Gasteiger charge is -2.36. The van der Waals surface area contributed by atoms with E-state index in [0.29, 0.717) is 11.0 Å². The quantitative estimate of drug-likeness (QED) is 0.642. The third kappa shape index (κ3) is 1.65. The third-order valence-corrected chi connectivity index (χ3v) is 3.92. The molecule has 0 spiro atoms.